The van der Waals surface area contributed by atoms with Crippen LogP contribution in [0.2, 0.25) is 0 Å². The van der Waals surface area contributed by atoms with E-state index in [1.807, 2.05) is 0 Å². The fourth-order valence-electron chi connectivity index (χ4n) is 6.28. The van der Waals surface area contributed by atoms with E-state index in [2.05, 4.69) is 0 Å². The first-order chi connectivity index (χ1) is 25.6. The summed E-state index contributed by atoms with van der Waals surface area (Å²) in [6, 6.07) is 5.20. The van der Waals surface area contributed by atoms with Gasteiger partial charge in [-0.15, -0.1) is 0 Å². The van der Waals surface area contributed by atoms with Crippen LogP contribution in [0.3, 0.4) is 0 Å². The van der Waals surface area contributed by atoms with Crippen LogP contribution in [-0.4, -0.2) is 172 Å². The first-order valence-electron chi connectivity index (χ1n) is 16.5. The minimum absolute atomic E-state index is 0.136. The van der Waals surface area contributed by atoms with Crippen molar-refractivity contribution in [2.75, 3.05) is 13.2 Å². The van der Waals surface area contributed by atoms with Gasteiger partial charge in [-0.05, 0) is 25.1 Å². The van der Waals surface area contributed by atoms with Gasteiger partial charge < -0.3 is 99.2 Å². The summed E-state index contributed by atoms with van der Waals surface area (Å²) < 4.78 is 39.7. The first-order valence-corrected chi connectivity index (χ1v) is 16.5. The van der Waals surface area contributed by atoms with E-state index in [-0.39, 0.29) is 11.3 Å². The maximum absolute atomic E-state index is 14.2. The molecule has 4 heterocycles. The van der Waals surface area contributed by atoms with Crippen molar-refractivity contribution in [2.24, 2.45) is 0 Å². The molecule has 54 heavy (non-hydrogen) atoms. The van der Waals surface area contributed by atoms with Gasteiger partial charge in [0.2, 0.25) is 23.8 Å². The maximum atomic E-state index is 14.2. The highest BCUT2D eigenvalue weighted by atomic mass is 16.8. The Labute approximate surface area is 303 Å². The molecule has 3 aliphatic heterocycles. The Kier molecular flexibility index (Phi) is 11.5. The fourth-order valence-corrected chi connectivity index (χ4v) is 6.28. The number of phenols is 3. The van der Waals surface area contributed by atoms with Crippen LogP contribution in [0.4, 0.5) is 0 Å². The highest BCUT2D eigenvalue weighted by Gasteiger charge is 2.52. The number of hydrogen-bond donors (Lipinski definition) is 13. The van der Waals surface area contributed by atoms with E-state index in [1.54, 1.807) is 0 Å². The maximum Gasteiger partial charge on any atom is 0.239 e. The summed E-state index contributed by atoms with van der Waals surface area (Å²) in [7, 11) is 0. The van der Waals surface area contributed by atoms with Crippen molar-refractivity contribution in [2.45, 2.75) is 99.0 Å². The minimum atomic E-state index is -2.03. The van der Waals surface area contributed by atoms with Gasteiger partial charge in [0.25, 0.3) is 0 Å². The molecule has 0 aliphatic carbocycles. The van der Waals surface area contributed by atoms with Crippen molar-refractivity contribution in [3.05, 3.63) is 40.6 Å². The summed E-state index contributed by atoms with van der Waals surface area (Å²) in [6.07, 6.45) is -26.0. The number of aliphatic hydroxyl groups excluding tert-OH is 10. The van der Waals surface area contributed by atoms with E-state index < -0.39 is 150 Å². The van der Waals surface area contributed by atoms with Crippen LogP contribution in [0.25, 0.3) is 22.3 Å². The van der Waals surface area contributed by atoms with Crippen molar-refractivity contribution in [1.29, 1.82) is 0 Å². The second kappa shape index (κ2) is 15.7. The second-order valence-corrected chi connectivity index (χ2v) is 13.0. The van der Waals surface area contributed by atoms with Gasteiger partial charge in [-0.1, -0.05) is 0 Å². The van der Waals surface area contributed by atoms with Gasteiger partial charge in [-0.25, -0.2) is 0 Å². The van der Waals surface area contributed by atoms with Crippen LogP contribution < -0.4 is 14.9 Å². The minimum Gasteiger partial charge on any atom is -0.507 e. The Morgan fingerprint density at radius 1 is 0.630 bits per heavy atom. The van der Waals surface area contributed by atoms with E-state index in [1.165, 1.54) is 13.0 Å². The van der Waals surface area contributed by atoms with Gasteiger partial charge in [0.05, 0.1) is 19.3 Å². The Morgan fingerprint density at radius 2 is 1.24 bits per heavy atom. The lowest BCUT2D eigenvalue weighted by Crippen LogP contribution is -2.65. The van der Waals surface area contributed by atoms with E-state index in [0.29, 0.717) is 0 Å². The molecule has 21 nitrogen and oxygen atoms in total. The molecule has 0 saturated carbocycles. The van der Waals surface area contributed by atoms with Gasteiger partial charge in [0.1, 0.15) is 83.5 Å². The summed E-state index contributed by atoms with van der Waals surface area (Å²) in [5.74, 6) is -3.63. The lowest BCUT2D eigenvalue weighted by molar-refractivity contribution is -0.358. The molecular weight excluding hydrogens is 732 g/mol. The summed E-state index contributed by atoms with van der Waals surface area (Å²) >= 11 is 0. The summed E-state index contributed by atoms with van der Waals surface area (Å²) in [6.45, 7) is -0.348. The number of phenolic OH excluding ortho intramolecular Hbond substituents is 3. The van der Waals surface area contributed by atoms with Crippen molar-refractivity contribution in [1.82, 2.24) is 0 Å². The fraction of sp³-hybridized carbons (Fsp3) is 0.545. The number of rotatable bonds is 9. The van der Waals surface area contributed by atoms with Crippen LogP contribution >= 0.6 is 0 Å². The zero-order valence-corrected chi connectivity index (χ0v) is 28.0. The molecule has 6 rings (SSSR count). The third-order valence-electron chi connectivity index (χ3n) is 9.40. The number of benzene rings is 2. The third-order valence-corrected chi connectivity index (χ3v) is 9.40. The number of fused-ring (bicyclic) bond motifs is 1. The zero-order valence-electron chi connectivity index (χ0n) is 28.0. The average molecular weight is 773 g/mol. The molecule has 0 spiro atoms. The molecule has 3 aromatic rings. The largest absolute Gasteiger partial charge is 0.507 e. The number of aromatic hydroxyl groups is 3. The number of aliphatic hydroxyl groups is 10. The smallest absolute Gasteiger partial charge is 0.239 e. The Hall–Kier alpha value is -3.91. The lowest BCUT2D eigenvalue weighted by Gasteiger charge is -2.45. The molecule has 15 atom stereocenters. The normalized spacial score (nSPS) is 37.3. The van der Waals surface area contributed by atoms with Crippen molar-refractivity contribution < 1.29 is 99.2 Å². The zero-order chi connectivity index (χ0) is 39.3. The van der Waals surface area contributed by atoms with Crippen LogP contribution in [0.1, 0.15) is 6.92 Å². The molecule has 13 N–H and O–H groups in total. The molecule has 1 aromatic heterocycles. The van der Waals surface area contributed by atoms with Crippen molar-refractivity contribution >= 4 is 11.0 Å². The highest BCUT2D eigenvalue weighted by molar-refractivity contribution is 5.88. The van der Waals surface area contributed by atoms with E-state index >= 15 is 0 Å². The Morgan fingerprint density at radius 3 is 1.89 bits per heavy atom. The number of hydrogen-bond acceptors (Lipinski definition) is 21. The lowest BCUT2D eigenvalue weighted by atomic mass is 9.97. The van der Waals surface area contributed by atoms with Crippen molar-refractivity contribution in [3.8, 4) is 40.1 Å². The predicted octanol–water partition coefficient (Wildman–Crippen LogP) is -4.21. The standard InChI is InChI=1S/C33H40O21/c1-9-19(39)23(43)26(46)31(48-9)49-11-5-14(38)18-15(6-11)50-28(10-2-3-12(36)13(37)4-10)29(22(18)42)53-33-30(25(45)21(41)17(8-35)52-33)54-32-27(47)24(44)20(40)16(7-34)51-32/h2-6,9,16-17,19-21,23-27,30-41,43-47H,7-8H2,1H3/t9-,16+,17+,19-,20+,21-,23+,24-,25-,26+,27+,30+,31-,32-,33-/m0/s1. The van der Waals surface area contributed by atoms with Crippen LogP contribution in [0, 0.1) is 0 Å². The van der Waals surface area contributed by atoms with Gasteiger partial charge in [0.15, 0.2) is 29.7 Å². The molecule has 3 fully saturated rings. The molecular formula is C33H40O21. The summed E-state index contributed by atoms with van der Waals surface area (Å²) in [5, 5.41) is 134. The van der Waals surface area contributed by atoms with Crippen LogP contribution in [0.5, 0.6) is 28.7 Å². The monoisotopic (exact) mass is 772 g/mol. The van der Waals surface area contributed by atoms with Gasteiger partial charge in [-0.3, -0.25) is 4.79 Å². The molecule has 298 valence electrons. The molecule has 2 aromatic carbocycles. The third kappa shape index (κ3) is 7.27. The second-order valence-electron chi connectivity index (χ2n) is 13.0. The number of ether oxygens (including phenoxy) is 6. The molecule has 3 aliphatic rings. The van der Waals surface area contributed by atoms with Crippen LogP contribution in [-0.2, 0) is 18.9 Å². The Balaban J connectivity index is 1.43. The van der Waals surface area contributed by atoms with E-state index in [9.17, 15) is 71.2 Å². The molecule has 0 unspecified atom stereocenters. The molecule has 0 amide bonds. The van der Waals surface area contributed by atoms with Gasteiger partial charge >= 0.3 is 0 Å². The van der Waals surface area contributed by atoms with E-state index in [4.69, 9.17) is 32.8 Å². The molecule has 0 radical (unpaired) electrons. The summed E-state index contributed by atoms with van der Waals surface area (Å²) in [5.41, 5.74) is -1.67. The molecule has 21 heteroatoms. The van der Waals surface area contributed by atoms with Gasteiger partial charge in [0, 0.05) is 17.7 Å². The first kappa shape index (κ1) is 39.8. The quantitative estimate of drug-likeness (QED) is 0.0917. The summed E-state index contributed by atoms with van der Waals surface area (Å²) in [4.78, 5) is 14.2. The van der Waals surface area contributed by atoms with E-state index in [0.717, 1.165) is 24.3 Å². The van der Waals surface area contributed by atoms with Gasteiger partial charge in [-0.2, -0.15) is 0 Å². The van der Waals surface area contributed by atoms with Crippen LogP contribution in [0.15, 0.2) is 39.5 Å². The SMILES string of the molecule is C[C@@H]1O[C@@H](Oc2cc(O)c3c(=O)c(O[C@@H]4O[C@H](CO)[C@H](O)[C@H](O)[C@H]4O[C@@H]4O[C@H](CO)[C@@H](O)[C@H](O)[C@H]4O)c(-c4ccc(O)c(O)c4)oc3c2)[C@H](O)[C@H](O)[C@H]1O. The highest BCUT2D eigenvalue weighted by Crippen LogP contribution is 2.41. The molecule has 3 saturated heterocycles. The molecule has 0 bridgehead atoms. The Bertz CT molecular complexity index is 1850. The van der Waals surface area contributed by atoms with Crippen molar-refractivity contribution in [3.63, 3.8) is 0 Å². The topological polar surface area (TPSA) is 349 Å². The predicted molar refractivity (Wildman–Crippen MR) is 173 cm³/mol. The average Bonchev–Trinajstić information content (AvgIpc) is 3.14.